The van der Waals surface area contributed by atoms with Gasteiger partial charge in [-0.2, -0.15) is 0 Å². The second-order valence-electron chi connectivity index (χ2n) is 4.07. The summed E-state index contributed by atoms with van der Waals surface area (Å²) >= 11 is 0. The molecule has 1 aliphatic heterocycles. The zero-order chi connectivity index (χ0) is 10.4. The number of hydrogen-bond donors (Lipinski definition) is 2. The van der Waals surface area contributed by atoms with Crippen molar-refractivity contribution in [2.45, 2.75) is 45.1 Å². The van der Waals surface area contributed by atoms with E-state index in [4.69, 9.17) is 5.84 Å². The van der Waals surface area contributed by atoms with Crippen molar-refractivity contribution in [3.63, 3.8) is 0 Å². The molecular weight excluding hydrogens is 178 g/mol. The molecule has 0 spiro atoms. The van der Waals surface area contributed by atoms with Crippen molar-refractivity contribution in [2.75, 3.05) is 13.1 Å². The summed E-state index contributed by atoms with van der Waals surface area (Å²) in [5, 5.41) is 0. The minimum atomic E-state index is -0.0678. The lowest BCUT2D eigenvalue weighted by atomic mass is 10.2. The fourth-order valence-electron chi connectivity index (χ4n) is 1.99. The van der Waals surface area contributed by atoms with Gasteiger partial charge < -0.3 is 4.90 Å². The monoisotopic (exact) mass is 199 g/mol. The molecule has 0 aromatic carbocycles. The first-order valence-electron chi connectivity index (χ1n) is 5.47. The predicted octanol–water partition coefficient (Wildman–Crippen LogP) is 0.631. The Kier molecular flexibility index (Phi) is 4.90. The van der Waals surface area contributed by atoms with Crippen LogP contribution in [0.2, 0.25) is 0 Å². The molecule has 82 valence electrons. The van der Waals surface area contributed by atoms with Crippen LogP contribution in [0.5, 0.6) is 0 Å². The van der Waals surface area contributed by atoms with Gasteiger partial charge in [-0.15, -0.1) is 0 Å². The van der Waals surface area contributed by atoms with Crippen molar-refractivity contribution in [1.82, 2.24) is 10.3 Å². The summed E-state index contributed by atoms with van der Waals surface area (Å²) in [6.07, 6.45) is 5.68. The number of nitrogens with one attached hydrogen (secondary N) is 1. The van der Waals surface area contributed by atoms with Crippen molar-refractivity contribution in [2.24, 2.45) is 5.84 Å². The van der Waals surface area contributed by atoms with E-state index in [2.05, 4.69) is 17.2 Å². The van der Waals surface area contributed by atoms with E-state index in [1.165, 1.54) is 25.7 Å². The molecule has 3 N–H and O–H groups in total. The lowest BCUT2D eigenvalue weighted by molar-refractivity contribution is -0.122. The van der Waals surface area contributed by atoms with Gasteiger partial charge >= 0.3 is 0 Å². The van der Waals surface area contributed by atoms with Crippen LogP contribution in [0.4, 0.5) is 0 Å². The molecule has 4 nitrogen and oxygen atoms in total. The van der Waals surface area contributed by atoms with Crippen LogP contribution in [-0.2, 0) is 4.79 Å². The zero-order valence-corrected chi connectivity index (χ0v) is 8.96. The fraction of sp³-hybridized carbons (Fsp3) is 0.900. The predicted molar refractivity (Wildman–Crippen MR) is 56.5 cm³/mol. The molecule has 14 heavy (non-hydrogen) atoms. The SMILES string of the molecule is CC(CC(=O)NN)N1CCCCCC1. The molecule has 0 aromatic rings. The summed E-state index contributed by atoms with van der Waals surface area (Å²) in [5.41, 5.74) is 2.18. The summed E-state index contributed by atoms with van der Waals surface area (Å²) in [7, 11) is 0. The van der Waals surface area contributed by atoms with Gasteiger partial charge in [0, 0.05) is 12.5 Å². The van der Waals surface area contributed by atoms with E-state index in [9.17, 15) is 4.79 Å². The van der Waals surface area contributed by atoms with Gasteiger partial charge in [0.05, 0.1) is 0 Å². The second kappa shape index (κ2) is 5.98. The van der Waals surface area contributed by atoms with Crippen LogP contribution in [0.1, 0.15) is 39.0 Å². The Balaban J connectivity index is 2.33. The molecule has 1 rings (SSSR count). The average molecular weight is 199 g/mol. The first-order valence-corrected chi connectivity index (χ1v) is 5.47. The van der Waals surface area contributed by atoms with Gasteiger partial charge in [0.25, 0.3) is 0 Å². The number of carbonyl (C=O) groups is 1. The van der Waals surface area contributed by atoms with E-state index in [0.29, 0.717) is 12.5 Å². The quantitative estimate of drug-likeness (QED) is 0.398. The van der Waals surface area contributed by atoms with E-state index in [1.54, 1.807) is 0 Å². The van der Waals surface area contributed by atoms with E-state index in [1.807, 2.05) is 0 Å². The number of nitrogens with zero attached hydrogens (tertiary/aromatic N) is 1. The standard InChI is InChI=1S/C10H21N3O/c1-9(8-10(14)12-11)13-6-4-2-3-5-7-13/h9H,2-8,11H2,1H3,(H,12,14). The van der Waals surface area contributed by atoms with Gasteiger partial charge in [-0.05, 0) is 32.9 Å². The summed E-state index contributed by atoms with van der Waals surface area (Å²) in [6, 6.07) is 0.316. The maximum absolute atomic E-state index is 11.1. The third-order valence-corrected chi connectivity index (χ3v) is 2.91. The van der Waals surface area contributed by atoms with Gasteiger partial charge in [-0.25, -0.2) is 5.84 Å². The minimum Gasteiger partial charge on any atom is -0.300 e. The molecule has 1 atom stereocenters. The van der Waals surface area contributed by atoms with Crippen LogP contribution in [0, 0.1) is 0 Å². The van der Waals surface area contributed by atoms with E-state index >= 15 is 0 Å². The molecule has 0 saturated carbocycles. The third-order valence-electron chi connectivity index (χ3n) is 2.91. The third kappa shape index (κ3) is 3.64. The Labute approximate surface area is 85.8 Å². The highest BCUT2D eigenvalue weighted by Crippen LogP contribution is 2.13. The van der Waals surface area contributed by atoms with Crippen LogP contribution in [0.3, 0.4) is 0 Å². The minimum absolute atomic E-state index is 0.0678. The normalized spacial score (nSPS) is 21.3. The largest absolute Gasteiger partial charge is 0.300 e. The van der Waals surface area contributed by atoms with Gasteiger partial charge in [0.15, 0.2) is 0 Å². The van der Waals surface area contributed by atoms with Crippen molar-refractivity contribution in [3.05, 3.63) is 0 Å². The first kappa shape index (κ1) is 11.5. The number of nitrogens with two attached hydrogens (primary N) is 1. The van der Waals surface area contributed by atoms with Crippen molar-refractivity contribution in [3.8, 4) is 0 Å². The zero-order valence-electron chi connectivity index (χ0n) is 8.96. The fourth-order valence-corrected chi connectivity index (χ4v) is 1.99. The molecule has 1 aliphatic rings. The summed E-state index contributed by atoms with van der Waals surface area (Å²) in [5.74, 6) is 4.99. The molecule has 0 bridgehead atoms. The lowest BCUT2D eigenvalue weighted by Gasteiger charge is -2.26. The number of likely N-dealkylation sites (tertiary alicyclic amines) is 1. The van der Waals surface area contributed by atoms with Crippen molar-refractivity contribution in [1.29, 1.82) is 0 Å². The number of hydrogen-bond acceptors (Lipinski definition) is 3. The molecular formula is C10H21N3O. The molecule has 0 aliphatic carbocycles. The topological polar surface area (TPSA) is 58.4 Å². The molecule has 1 heterocycles. The second-order valence-corrected chi connectivity index (χ2v) is 4.07. The van der Waals surface area contributed by atoms with Crippen molar-refractivity contribution < 1.29 is 4.79 Å². The van der Waals surface area contributed by atoms with Crippen LogP contribution in [-0.4, -0.2) is 29.9 Å². The van der Waals surface area contributed by atoms with Gasteiger partial charge in [-0.1, -0.05) is 12.8 Å². The Hall–Kier alpha value is -0.610. The van der Waals surface area contributed by atoms with Gasteiger partial charge in [0.1, 0.15) is 0 Å². The molecule has 1 fully saturated rings. The number of rotatable bonds is 3. The van der Waals surface area contributed by atoms with Gasteiger partial charge in [-0.3, -0.25) is 10.2 Å². The summed E-state index contributed by atoms with van der Waals surface area (Å²) in [4.78, 5) is 13.5. The highest BCUT2D eigenvalue weighted by molar-refractivity contribution is 5.75. The Morgan fingerprint density at radius 3 is 2.43 bits per heavy atom. The number of hydrazine groups is 1. The molecule has 1 unspecified atom stereocenters. The van der Waals surface area contributed by atoms with Crippen molar-refractivity contribution >= 4 is 5.91 Å². The number of amides is 1. The highest BCUT2D eigenvalue weighted by Gasteiger charge is 2.17. The van der Waals surface area contributed by atoms with Crippen LogP contribution in [0.15, 0.2) is 0 Å². The Morgan fingerprint density at radius 2 is 1.93 bits per heavy atom. The van der Waals surface area contributed by atoms with Crippen LogP contribution < -0.4 is 11.3 Å². The highest BCUT2D eigenvalue weighted by atomic mass is 16.2. The molecule has 0 aromatic heterocycles. The summed E-state index contributed by atoms with van der Waals surface area (Å²) in [6.45, 7) is 4.35. The summed E-state index contributed by atoms with van der Waals surface area (Å²) < 4.78 is 0. The van der Waals surface area contributed by atoms with Crippen LogP contribution in [0.25, 0.3) is 0 Å². The number of carbonyl (C=O) groups excluding carboxylic acids is 1. The first-order chi connectivity index (χ1) is 6.74. The van der Waals surface area contributed by atoms with E-state index in [-0.39, 0.29) is 5.91 Å². The Morgan fingerprint density at radius 1 is 1.36 bits per heavy atom. The van der Waals surface area contributed by atoms with E-state index in [0.717, 1.165) is 13.1 Å². The maximum atomic E-state index is 11.1. The maximum Gasteiger partial charge on any atom is 0.235 e. The Bertz CT molecular complexity index is 176. The molecule has 1 saturated heterocycles. The van der Waals surface area contributed by atoms with E-state index < -0.39 is 0 Å². The molecule has 1 amide bonds. The average Bonchev–Trinajstić information content (AvgIpc) is 2.45. The van der Waals surface area contributed by atoms with Gasteiger partial charge in [0.2, 0.25) is 5.91 Å². The molecule has 0 radical (unpaired) electrons. The molecule has 4 heteroatoms. The van der Waals surface area contributed by atoms with Crippen LogP contribution >= 0.6 is 0 Å². The lowest BCUT2D eigenvalue weighted by Crippen LogP contribution is -2.40. The smallest absolute Gasteiger partial charge is 0.235 e.